The van der Waals surface area contributed by atoms with Crippen molar-refractivity contribution in [2.45, 2.75) is 0 Å². The van der Waals surface area contributed by atoms with E-state index in [9.17, 15) is 0 Å². The summed E-state index contributed by atoms with van der Waals surface area (Å²) in [6.07, 6.45) is 1.65. The molecular formula is C12H12OS2. The second kappa shape index (κ2) is 9.24. The Kier molecular flexibility index (Phi) is 7.24. The Morgan fingerprint density at radius 1 is 0.600 bits per heavy atom. The fraction of sp³-hybridized carbons (Fsp3) is 0. The number of hydrogen-bond acceptors (Lipinski definition) is 3. The van der Waals surface area contributed by atoms with Crippen LogP contribution in [0, 0.1) is 0 Å². The number of rotatable bonds is 0. The van der Waals surface area contributed by atoms with E-state index in [2.05, 4.69) is 0 Å². The summed E-state index contributed by atoms with van der Waals surface area (Å²) in [6, 6.07) is 19.5. The second-order valence-corrected chi connectivity index (χ2v) is 4.24. The lowest BCUT2D eigenvalue weighted by molar-refractivity contribution is 0.687. The Hall–Kier alpha value is -1.32. The Morgan fingerprint density at radius 2 is 1.13 bits per heavy atom. The van der Waals surface area contributed by atoms with Crippen molar-refractivity contribution in [1.29, 1.82) is 0 Å². The van der Waals surface area contributed by atoms with Gasteiger partial charge in [0.15, 0.2) is 0 Å². The van der Waals surface area contributed by atoms with Crippen molar-refractivity contribution in [3.8, 4) is 0 Å². The third kappa shape index (κ3) is 7.73. The first-order chi connectivity index (χ1) is 7.50. The summed E-state index contributed by atoms with van der Waals surface area (Å²) >= 11 is 0. The van der Waals surface area contributed by atoms with E-state index < -0.39 is 0 Å². The molecular weight excluding hydrogens is 224 g/mol. The minimum absolute atomic E-state index is 1.32. The van der Waals surface area contributed by atoms with E-state index in [1.54, 1.807) is 6.26 Å². The van der Waals surface area contributed by atoms with Gasteiger partial charge < -0.3 is 3.85 Å². The molecule has 15 heavy (non-hydrogen) atoms. The first-order valence-corrected chi connectivity index (χ1v) is 6.61. The zero-order chi connectivity index (χ0) is 10.6. The quantitative estimate of drug-likeness (QED) is 0.591. The molecule has 0 aliphatic heterocycles. The first-order valence-electron chi connectivity index (χ1n) is 4.47. The van der Waals surface area contributed by atoms with E-state index in [1.165, 1.54) is 21.0 Å². The van der Waals surface area contributed by atoms with Gasteiger partial charge in [0.1, 0.15) is 16.9 Å². The highest BCUT2D eigenvalue weighted by Crippen LogP contribution is 1.97. The minimum Gasteiger partial charge on any atom is -0.400 e. The first kappa shape index (κ1) is 11.8. The maximum atomic E-state index is 5.14. The SMILES string of the molecule is c1ccccccssoccccc1. The van der Waals surface area contributed by atoms with Crippen molar-refractivity contribution in [2.24, 2.45) is 0 Å². The van der Waals surface area contributed by atoms with Crippen LogP contribution in [0.3, 0.4) is 0 Å². The van der Waals surface area contributed by atoms with Crippen LogP contribution in [-0.4, -0.2) is 0 Å². The lowest BCUT2D eigenvalue weighted by atomic mass is 10.4. The summed E-state index contributed by atoms with van der Waals surface area (Å²) in [7, 11) is 2.86. The van der Waals surface area contributed by atoms with E-state index in [1.807, 2.05) is 66.0 Å². The van der Waals surface area contributed by atoms with Crippen LogP contribution in [0.5, 0.6) is 0 Å². The van der Waals surface area contributed by atoms with Gasteiger partial charge in [0.2, 0.25) is 0 Å². The zero-order valence-electron chi connectivity index (χ0n) is 8.15. The fourth-order valence-electron chi connectivity index (χ4n) is 0.736. The van der Waals surface area contributed by atoms with Crippen LogP contribution in [0.15, 0.2) is 76.2 Å². The standard InChI is InChI=1S/C12H12OS2/c1-2-4-6-8-10-12-14-15-13-11-9-7-5-3-1/h1-12H. The maximum absolute atomic E-state index is 5.14. The number of hydrogen-bond donors (Lipinski definition) is 0. The van der Waals surface area contributed by atoms with Crippen LogP contribution < -0.4 is 0 Å². The lowest BCUT2D eigenvalue weighted by Gasteiger charge is -1.66. The summed E-state index contributed by atoms with van der Waals surface area (Å²) in [4.78, 5) is 0. The van der Waals surface area contributed by atoms with Gasteiger partial charge in [-0.05, 0) is 6.07 Å². The predicted octanol–water partition coefficient (Wildman–Crippen LogP) is 4.78. The summed E-state index contributed by atoms with van der Waals surface area (Å²) in [5, 5.41) is 1.97. The van der Waals surface area contributed by atoms with Crippen LogP contribution in [0.1, 0.15) is 0 Å². The van der Waals surface area contributed by atoms with E-state index in [4.69, 9.17) is 3.85 Å². The molecule has 78 valence electrons. The van der Waals surface area contributed by atoms with E-state index in [-0.39, 0.29) is 0 Å². The molecule has 0 saturated heterocycles. The van der Waals surface area contributed by atoms with E-state index in [0.717, 1.165) is 0 Å². The molecule has 0 spiro atoms. The molecule has 1 aromatic rings. The average Bonchev–Trinajstić information content (AvgIpc) is 2.27. The van der Waals surface area contributed by atoms with Gasteiger partial charge in [-0.15, -0.1) is 0 Å². The third-order valence-electron chi connectivity index (χ3n) is 1.35. The molecule has 0 radical (unpaired) electrons. The van der Waals surface area contributed by atoms with Crippen molar-refractivity contribution >= 4 is 21.0 Å². The van der Waals surface area contributed by atoms with Gasteiger partial charge >= 0.3 is 0 Å². The third-order valence-corrected chi connectivity index (χ3v) is 2.69. The smallest absolute Gasteiger partial charge is 0.109 e. The van der Waals surface area contributed by atoms with E-state index in [0.29, 0.717) is 0 Å². The normalized spacial score (nSPS) is 8.00. The van der Waals surface area contributed by atoms with Crippen LogP contribution in [-0.2, 0) is 0 Å². The lowest BCUT2D eigenvalue weighted by Crippen LogP contribution is -1.44. The van der Waals surface area contributed by atoms with Crippen molar-refractivity contribution in [3.63, 3.8) is 0 Å². The molecule has 0 unspecified atom stereocenters. The van der Waals surface area contributed by atoms with Crippen molar-refractivity contribution in [1.82, 2.24) is 0 Å². The summed E-state index contributed by atoms with van der Waals surface area (Å²) < 4.78 is 5.14. The van der Waals surface area contributed by atoms with Gasteiger partial charge in [-0.3, -0.25) is 0 Å². The zero-order valence-corrected chi connectivity index (χ0v) is 9.79. The van der Waals surface area contributed by atoms with Crippen molar-refractivity contribution < 1.29 is 3.85 Å². The van der Waals surface area contributed by atoms with Crippen molar-refractivity contribution in [2.75, 3.05) is 0 Å². The Labute approximate surface area is 97.2 Å². The largest absolute Gasteiger partial charge is 0.400 e. The van der Waals surface area contributed by atoms with Gasteiger partial charge in [0, 0.05) is 5.38 Å². The maximum Gasteiger partial charge on any atom is 0.109 e. The van der Waals surface area contributed by atoms with Crippen LogP contribution >= 0.6 is 21.0 Å². The average molecular weight is 236 g/mol. The van der Waals surface area contributed by atoms with E-state index >= 15 is 0 Å². The molecule has 0 aromatic carbocycles. The highest BCUT2D eigenvalue weighted by molar-refractivity contribution is 7.64. The van der Waals surface area contributed by atoms with Gasteiger partial charge in [-0.25, -0.2) is 0 Å². The summed E-state index contributed by atoms with van der Waals surface area (Å²) in [5.74, 6) is 0. The highest BCUT2D eigenvalue weighted by Gasteiger charge is 1.60. The molecule has 0 aliphatic carbocycles. The molecule has 0 fully saturated rings. The predicted molar refractivity (Wildman–Crippen MR) is 67.3 cm³/mol. The monoisotopic (exact) mass is 236 g/mol. The van der Waals surface area contributed by atoms with Crippen LogP contribution in [0.25, 0.3) is 0 Å². The molecule has 0 amide bonds. The molecule has 0 N–H and O–H groups in total. The topological polar surface area (TPSA) is 13.1 Å². The van der Waals surface area contributed by atoms with Crippen LogP contribution in [0.2, 0.25) is 0 Å². The summed E-state index contributed by atoms with van der Waals surface area (Å²) in [5.41, 5.74) is 0. The Balaban J connectivity index is 3.01. The van der Waals surface area contributed by atoms with Crippen LogP contribution in [0.4, 0.5) is 0 Å². The molecule has 3 heteroatoms. The van der Waals surface area contributed by atoms with Gasteiger partial charge in [-0.1, -0.05) is 64.9 Å². The molecule has 0 bridgehead atoms. The molecule has 0 aliphatic rings. The fourth-order valence-corrected chi connectivity index (χ4v) is 1.69. The summed E-state index contributed by atoms with van der Waals surface area (Å²) in [6.45, 7) is 0. The molecule has 1 rings (SSSR count). The Bertz CT molecular complexity index is 246. The van der Waals surface area contributed by atoms with Gasteiger partial charge in [0.25, 0.3) is 0 Å². The Morgan fingerprint density at radius 3 is 1.80 bits per heavy atom. The molecule has 1 heterocycles. The van der Waals surface area contributed by atoms with Gasteiger partial charge in [0.05, 0.1) is 0 Å². The molecule has 1 nitrogen and oxygen atoms in total. The second-order valence-electron chi connectivity index (χ2n) is 2.46. The minimum atomic E-state index is 1.32. The molecule has 0 atom stereocenters. The highest BCUT2D eigenvalue weighted by atomic mass is 32.9. The van der Waals surface area contributed by atoms with Crippen molar-refractivity contribution in [3.05, 3.63) is 72.3 Å². The molecule has 0 saturated carbocycles. The van der Waals surface area contributed by atoms with Gasteiger partial charge in [-0.2, -0.15) is 0 Å². The molecule has 1 aromatic heterocycles.